The number of carbonyl (C=O) groups is 2. The highest BCUT2D eigenvalue weighted by Gasteiger charge is 2.14. The van der Waals surface area contributed by atoms with E-state index in [0.29, 0.717) is 17.7 Å². The first-order valence-electron chi connectivity index (χ1n) is 30.2. The number of carbonyl (C=O) groups excluding carboxylic acids is 2. The third kappa shape index (κ3) is 48.8. The van der Waals surface area contributed by atoms with Crippen molar-refractivity contribution in [2.24, 2.45) is 0 Å². The summed E-state index contributed by atoms with van der Waals surface area (Å²) in [6, 6.07) is 0. The number of unbranched alkanes of at least 4 members (excludes halogenated alkanes) is 40. The quantitative estimate of drug-likeness (QED) is 0.0451. The Hall–Kier alpha value is -0.810. The first-order valence-corrected chi connectivity index (χ1v) is 30.7. The van der Waals surface area contributed by atoms with E-state index in [4.69, 9.17) is 39.3 Å². The first kappa shape index (κ1) is 67.2. The van der Waals surface area contributed by atoms with E-state index in [1.165, 1.54) is 205 Å². The summed E-state index contributed by atoms with van der Waals surface area (Å²) >= 11 is 6.22. The summed E-state index contributed by atoms with van der Waals surface area (Å²) in [5.41, 5.74) is 0. The topological polar surface area (TPSA) is 43.9 Å². The molecule has 0 heterocycles. The zero-order valence-electron chi connectivity index (χ0n) is 45.4. The molecule has 0 saturated carbocycles. The number of halogens is 1. The highest BCUT2D eigenvalue weighted by atomic mass is 35.5. The molecule has 0 aromatic heterocycles. The van der Waals surface area contributed by atoms with Gasteiger partial charge in [0.2, 0.25) is 11.8 Å². The molecule has 0 fully saturated rings. The van der Waals surface area contributed by atoms with Crippen LogP contribution in [0.25, 0.3) is 0 Å². The molecular formula is C62H116ClN3O2. The Balaban J connectivity index is 4.24. The van der Waals surface area contributed by atoms with E-state index in [1.54, 1.807) is 0 Å². The molecule has 5 nitrogen and oxygen atoms in total. The van der Waals surface area contributed by atoms with Crippen molar-refractivity contribution in [1.82, 2.24) is 14.7 Å². The molecule has 0 spiro atoms. The van der Waals surface area contributed by atoms with Gasteiger partial charge in [-0.2, -0.15) is 0 Å². The van der Waals surface area contributed by atoms with Gasteiger partial charge >= 0.3 is 0 Å². The van der Waals surface area contributed by atoms with Gasteiger partial charge in [-0.3, -0.25) is 9.59 Å². The molecule has 0 aliphatic carbocycles. The maximum Gasteiger partial charge on any atom is 0.222 e. The van der Waals surface area contributed by atoms with E-state index in [-0.39, 0.29) is 0 Å². The molecule has 0 N–H and O–H groups in total. The number of hydrogen-bond acceptors (Lipinski definition) is 3. The zero-order chi connectivity index (χ0) is 49.5. The molecule has 0 unspecified atom stereocenters. The van der Waals surface area contributed by atoms with Gasteiger partial charge in [-0.15, -0.1) is 11.6 Å². The lowest BCUT2D eigenvalue weighted by molar-refractivity contribution is -0.132. The highest BCUT2D eigenvalue weighted by Crippen LogP contribution is 2.17. The molecule has 0 aliphatic heterocycles. The van der Waals surface area contributed by atoms with Gasteiger partial charge in [0.15, 0.2) is 0 Å². The van der Waals surface area contributed by atoms with E-state index in [2.05, 4.69) is 14.7 Å². The zero-order valence-corrected chi connectivity index (χ0v) is 46.2. The molecule has 68 heavy (non-hydrogen) atoms. The van der Waals surface area contributed by atoms with E-state index in [0.717, 1.165) is 149 Å². The third-order valence-electron chi connectivity index (χ3n) is 14.4. The minimum absolute atomic E-state index is 0.393. The molecule has 0 atom stereocenters. The molecule has 0 aromatic carbocycles. The van der Waals surface area contributed by atoms with Crippen molar-refractivity contribution in [3.63, 3.8) is 0 Å². The van der Waals surface area contributed by atoms with Gasteiger partial charge in [0.25, 0.3) is 0 Å². The molecule has 2 amide bonds. The Kier molecular flexibility index (Phi) is 56.4. The molecular weight excluding hydrogens is 854 g/mol. The monoisotopic (exact) mass is 970 g/mol. The van der Waals surface area contributed by atoms with Crippen LogP contribution in [0.5, 0.6) is 0 Å². The Labute approximate surface area is 433 Å². The minimum Gasteiger partial charge on any atom is -0.343 e. The van der Waals surface area contributed by atoms with Crippen LogP contribution in [-0.2, 0) is 9.59 Å². The normalized spacial score (nSPS) is 11.6. The summed E-state index contributed by atoms with van der Waals surface area (Å²) < 4.78 is 0. The second-order valence-corrected chi connectivity index (χ2v) is 21.2. The van der Waals surface area contributed by atoms with Crippen molar-refractivity contribution < 1.29 is 9.59 Å². The SMILES string of the molecule is [CH]CCCCCCCCCN(CCCCCCCCC[CH])C(=O)CCCCCCCCCN(CCCl)CCCCCCCCCC(=O)N(CCCCCCCCC[CH])CCCCCCCCC[CH]. The summed E-state index contributed by atoms with van der Waals surface area (Å²) in [7, 11) is 0. The van der Waals surface area contributed by atoms with E-state index >= 15 is 0 Å². The van der Waals surface area contributed by atoms with Crippen LogP contribution in [0.15, 0.2) is 0 Å². The van der Waals surface area contributed by atoms with Gasteiger partial charge in [0.1, 0.15) is 0 Å². The van der Waals surface area contributed by atoms with Crippen LogP contribution in [0.1, 0.15) is 308 Å². The fourth-order valence-electron chi connectivity index (χ4n) is 9.81. The molecule has 0 saturated heterocycles. The summed E-state index contributed by atoms with van der Waals surface area (Å²) in [6.45, 7) is 29.7. The van der Waals surface area contributed by atoms with Crippen molar-refractivity contribution in [2.75, 3.05) is 51.7 Å². The number of rotatable bonds is 58. The maximum absolute atomic E-state index is 13.3. The fourth-order valence-corrected chi connectivity index (χ4v) is 10.0. The number of alkyl halides is 1. The van der Waals surface area contributed by atoms with Crippen LogP contribution in [0, 0.1) is 27.7 Å². The second kappa shape index (κ2) is 57.1. The first-order chi connectivity index (χ1) is 33.5. The van der Waals surface area contributed by atoms with Crippen LogP contribution in [0.3, 0.4) is 0 Å². The van der Waals surface area contributed by atoms with Crippen molar-refractivity contribution in [1.29, 1.82) is 0 Å². The van der Waals surface area contributed by atoms with Gasteiger partial charge in [0, 0.05) is 51.4 Å². The predicted molar refractivity (Wildman–Crippen MR) is 299 cm³/mol. The molecule has 0 rings (SSSR count). The molecule has 6 heteroatoms. The van der Waals surface area contributed by atoms with Crippen molar-refractivity contribution in [3.05, 3.63) is 27.7 Å². The summed E-state index contributed by atoms with van der Waals surface area (Å²) in [5.74, 6) is 1.50. The van der Waals surface area contributed by atoms with Crippen LogP contribution in [0.4, 0.5) is 0 Å². The van der Waals surface area contributed by atoms with Crippen LogP contribution >= 0.6 is 11.6 Å². The fraction of sp³-hybridized carbons (Fsp3) is 0.903. The van der Waals surface area contributed by atoms with Crippen LogP contribution in [-0.4, -0.2) is 78.2 Å². The largest absolute Gasteiger partial charge is 0.343 e. The Morgan fingerprint density at radius 1 is 0.250 bits per heavy atom. The lowest BCUT2D eigenvalue weighted by Crippen LogP contribution is -2.32. The van der Waals surface area contributed by atoms with Crippen LogP contribution < -0.4 is 0 Å². The second-order valence-electron chi connectivity index (χ2n) is 20.8. The lowest BCUT2D eigenvalue weighted by atomic mass is 10.1. The molecule has 0 aromatic rings. The summed E-state index contributed by atoms with van der Waals surface area (Å²) in [5, 5.41) is 0. The Bertz CT molecular complexity index is 881. The number of amides is 2. The number of nitrogens with zero attached hydrogens (tertiary/aromatic N) is 3. The van der Waals surface area contributed by atoms with Crippen molar-refractivity contribution >= 4 is 23.4 Å². The minimum atomic E-state index is 0.393. The highest BCUT2D eigenvalue weighted by molar-refractivity contribution is 6.18. The van der Waals surface area contributed by atoms with E-state index < -0.39 is 0 Å². The smallest absolute Gasteiger partial charge is 0.222 e. The van der Waals surface area contributed by atoms with Gasteiger partial charge < -0.3 is 14.7 Å². The van der Waals surface area contributed by atoms with Gasteiger partial charge in [-0.1, -0.05) is 218 Å². The van der Waals surface area contributed by atoms with Crippen molar-refractivity contribution in [2.45, 2.75) is 308 Å². The molecule has 0 bridgehead atoms. The Morgan fingerprint density at radius 3 is 0.662 bits per heavy atom. The average Bonchev–Trinajstić information content (AvgIpc) is 3.34. The van der Waals surface area contributed by atoms with E-state index in [1.807, 2.05) is 0 Å². The average molecular weight is 971 g/mol. The third-order valence-corrected chi connectivity index (χ3v) is 14.5. The number of hydrogen-bond donors (Lipinski definition) is 0. The standard InChI is InChI=1S/C62H116ClN3O2/c1-5-9-13-17-21-31-39-47-56-65(57-48-40-32-22-18-14-10-6-2)61(67)51-43-35-27-25-29-37-45-54-64(60-53-63)55-46-38-30-26-28-36-44-52-62(68)66(58-49-41-33-23-19-15-11-7-3)59-50-42-34-24-20-16-12-8-4/h1-4H,5-60H2. The Morgan fingerprint density at radius 2 is 0.441 bits per heavy atom. The maximum atomic E-state index is 13.3. The van der Waals surface area contributed by atoms with Gasteiger partial charge in [-0.05, 0) is 118 Å². The van der Waals surface area contributed by atoms with Crippen molar-refractivity contribution in [3.8, 4) is 0 Å². The predicted octanol–water partition coefficient (Wildman–Crippen LogP) is 18.8. The van der Waals surface area contributed by atoms with Crippen LogP contribution in [0.2, 0.25) is 0 Å². The van der Waals surface area contributed by atoms with Gasteiger partial charge in [0.05, 0.1) is 0 Å². The molecule has 0 aliphatic rings. The summed E-state index contributed by atoms with van der Waals surface area (Å²) in [6.07, 6.45) is 56.4. The van der Waals surface area contributed by atoms with E-state index in [9.17, 15) is 9.59 Å². The van der Waals surface area contributed by atoms with Gasteiger partial charge in [-0.25, -0.2) is 0 Å². The summed E-state index contributed by atoms with van der Waals surface area (Å²) in [4.78, 5) is 33.6. The lowest BCUT2D eigenvalue weighted by Gasteiger charge is -2.23. The molecule has 398 valence electrons. The molecule has 8 radical (unpaired) electrons.